The topological polar surface area (TPSA) is 32.3 Å². The van der Waals surface area contributed by atoms with Crippen LogP contribution in [0.4, 0.5) is 5.69 Å². The highest BCUT2D eigenvalue weighted by atomic mass is 16.2. The number of nitrogens with zero attached hydrogens (tertiary/aromatic N) is 1. The lowest BCUT2D eigenvalue weighted by Gasteiger charge is -2.15. The molecule has 2 aliphatic heterocycles. The van der Waals surface area contributed by atoms with Gasteiger partial charge in [-0.25, -0.2) is 0 Å². The van der Waals surface area contributed by atoms with E-state index in [1.165, 1.54) is 17.5 Å². The molecule has 1 saturated heterocycles. The minimum absolute atomic E-state index is 0.205. The zero-order chi connectivity index (χ0) is 13.6. The Balaban J connectivity index is 1.81. The highest BCUT2D eigenvalue weighted by Gasteiger charge is 2.29. The zero-order valence-electron chi connectivity index (χ0n) is 11.9. The van der Waals surface area contributed by atoms with Crippen LogP contribution in [0, 0.1) is 5.92 Å². The first-order valence-electron chi connectivity index (χ1n) is 7.19. The van der Waals surface area contributed by atoms with Gasteiger partial charge in [0, 0.05) is 25.3 Å². The number of carbonyl (C=O) groups is 1. The first kappa shape index (κ1) is 12.7. The van der Waals surface area contributed by atoms with E-state index in [9.17, 15) is 4.79 Å². The van der Waals surface area contributed by atoms with E-state index in [1.54, 1.807) is 4.90 Å². The summed E-state index contributed by atoms with van der Waals surface area (Å²) in [6.07, 6.45) is 1.77. The monoisotopic (exact) mass is 258 g/mol. The van der Waals surface area contributed by atoms with Crippen molar-refractivity contribution < 1.29 is 4.79 Å². The largest absolute Gasteiger partial charge is 0.315 e. The van der Waals surface area contributed by atoms with Crippen molar-refractivity contribution in [2.24, 2.45) is 5.92 Å². The number of anilines is 1. The van der Waals surface area contributed by atoms with Crippen molar-refractivity contribution in [2.75, 3.05) is 18.5 Å². The van der Waals surface area contributed by atoms with Crippen LogP contribution in [0.2, 0.25) is 0 Å². The molecule has 1 amide bonds. The number of hydrogen-bond acceptors (Lipinski definition) is 2. The van der Waals surface area contributed by atoms with Crippen molar-refractivity contribution in [3.8, 4) is 0 Å². The van der Waals surface area contributed by atoms with Gasteiger partial charge in [-0.15, -0.1) is 0 Å². The summed E-state index contributed by atoms with van der Waals surface area (Å²) in [6.45, 7) is 5.61. The quantitative estimate of drug-likeness (QED) is 0.883. The van der Waals surface area contributed by atoms with Gasteiger partial charge in [0.2, 0.25) is 5.91 Å². The van der Waals surface area contributed by atoms with Gasteiger partial charge in [-0.1, -0.05) is 26.0 Å². The highest BCUT2D eigenvalue weighted by molar-refractivity contribution is 6.00. The first-order chi connectivity index (χ1) is 9.06. The van der Waals surface area contributed by atoms with Gasteiger partial charge in [0.15, 0.2) is 0 Å². The van der Waals surface area contributed by atoms with Crippen molar-refractivity contribution >= 4 is 11.6 Å². The smallest absolute Gasteiger partial charge is 0.231 e. The summed E-state index contributed by atoms with van der Waals surface area (Å²) in [7, 11) is 1.86. The van der Waals surface area contributed by atoms with Gasteiger partial charge >= 0.3 is 0 Å². The van der Waals surface area contributed by atoms with Crippen LogP contribution in [0.5, 0.6) is 0 Å². The molecule has 0 spiro atoms. The Labute approximate surface area is 115 Å². The van der Waals surface area contributed by atoms with Gasteiger partial charge in [-0.3, -0.25) is 4.79 Å². The number of carbonyl (C=O) groups excluding carboxylic acids is 1. The minimum atomic E-state index is 0.205. The number of likely N-dealkylation sites (N-methyl/N-ethyl adjacent to an activating group) is 1. The van der Waals surface area contributed by atoms with Gasteiger partial charge in [0.05, 0.1) is 6.42 Å². The third-order valence-corrected chi connectivity index (χ3v) is 4.62. The Morgan fingerprint density at radius 2 is 2.16 bits per heavy atom. The second kappa shape index (κ2) is 4.64. The number of fused-ring (bicyclic) bond motifs is 1. The molecule has 0 radical (unpaired) electrons. The fourth-order valence-electron chi connectivity index (χ4n) is 3.27. The summed E-state index contributed by atoms with van der Waals surface area (Å²) >= 11 is 0. The third-order valence-electron chi connectivity index (χ3n) is 4.62. The van der Waals surface area contributed by atoms with Crippen molar-refractivity contribution in [3.05, 3.63) is 29.3 Å². The molecular weight excluding hydrogens is 236 g/mol. The molecule has 2 heterocycles. The molecule has 1 aromatic rings. The average Bonchev–Trinajstić information content (AvgIpc) is 2.96. The summed E-state index contributed by atoms with van der Waals surface area (Å²) < 4.78 is 0. The molecule has 0 saturated carbocycles. The maximum absolute atomic E-state index is 11.7. The molecule has 2 aliphatic rings. The Kier molecular flexibility index (Phi) is 3.09. The van der Waals surface area contributed by atoms with Crippen LogP contribution in [0.15, 0.2) is 18.2 Å². The number of benzene rings is 1. The minimum Gasteiger partial charge on any atom is -0.315 e. The first-order valence-corrected chi connectivity index (χ1v) is 7.19. The third kappa shape index (κ3) is 2.16. The molecule has 1 fully saturated rings. The van der Waals surface area contributed by atoms with Crippen LogP contribution < -0.4 is 10.2 Å². The Bertz CT molecular complexity index is 509. The molecule has 0 aliphatic carbocycles. The van der Waals surface area contributed by atoms with E-state index in [-0.39, 0.29) is 5.91 Å². The van der Waals surface area contributed by atoms with E-state index in [0.29, 0.717) is 24.3 Å². The average molecular weight is 258 g/mol. The molecule has 3 nitrogen and oxygen atoms in total. The van der Waals surface area contributed by atoms with E-state index in [2.05, 4.69) is 37.4 Å². The molecule has 1 N–H and O–H groups in total. The molecule has 3 heteroatoms. The van der Waals surface area contributed by atoms with E-state index >= 15 is 0 Å². The maximum Gasteiger partial charge on any atom is 0.231 e. The molecule has 19 heavy (non-hydrogen) atoms. The number of nitrogens with one attached hydrogen (secondary N) is 1. The van der Waals surface area contributed by atoms with E-state index < -0.39 is 0 Å². The van der Waals surface area contributed by atoms with Gasteiger partial charge in [0.25, 0.3) is 0 Å². The lowest BCUT2D eigenvalue weighted by atomic mass is 9.91. The SMILES string of the molecule is CC(C)C1CC(c2ccc3c(c2)CC(=O)N3C)CN1. The fourth-order valence-corrected chi connectivity index (χ4v) is 3.27. The molecule has 2 unspecified atom stereocenters. The lowest BCUT2D eigenvalue weighted by molar-refractivity contribution is -0.117. The summed E-state index contributed by atoms with van der Waals surface area (Å²) in [5, 5.41) is 3.61. The molecule has 102 valence electrons. The van der Waals surface area contributed by atoms with Crippen LogP contribution >= 0.6 is 0 Å². The van der Waals surface area contributed by atoms with Crippen LogP contribution in [0.1, 0.15) is 37.3 Å². The van der Waals surface area contributed by atoms with E-state index in [1.807, 2.05) is 7.05 Å². The summed E-state index contributed by atoms with van der Waals surface area (Å²) in [4.78, 5) is 13.5. The zero-order valence-corrected chi connectivity index (χ0v) is 11.9. The van der Waals surface area contributed by atoms with E-state index in [4.69, 9.17) is 0 Å². The van der Waals surface area contributed by atoms with Gasteiger partial charge < -0.3 is 10.2 Å². The van der Waals surface area contributed by atoms with Crippen molar-refractivity contribution in [2.45, 2.75) is 38.6 Å². The number of hydrogen-bond donors (Lipinski definition) is 1. The van der Waals surface area contributed by atoms with Crippen LogP contribution in [-0.2, 0) is 11.2 Å². The molecule has 0 aromatic heterocycles. The molecule has 2 atom stereocenters. The van der Waals surface area contributed by atoms with Crippen LogP contribution in [-0.4, -0.2) is 25.5 Å². The standard InChI is InChI=1S/C16H22N2O/c1-10(2)14-7-13(9-17-14)11-4-5-15-12(6-11)8-16(19)18(15)3/h4-6,10,13-14,17H,7-9H2,1-3H3. The second-order valence-electron chi connectivity index (χ2n) is 6.21. The Hall–Kier alpha value is -1.35. The van der Waals surface area contributed by atoms with Gasteiger partial charge in [0.1, 0.15) is 0 Å². The summed E-state index contributed by atoms with van der Waals surface area (Å²) in [5.41, 5.74) is 3.66. The summed E-state index contributed by atoms with van der Waals surface area (Å²) in [5.74, 6) is 1.49. The number of amides is 1. The molecule has 1 aromatic carbocycles. The summed E-state index contributed by atoms with van der Waals surface area (Å²) in [6, 6.07) is 7.18. The molecule has 0 bridgehead atoms. The predicted molar refractivity (Wildman–Crippen MR) is 77.5 cm³/mol. The lowest BCUT2D eigenvalue weighted by Crippen LogP contribution is -2.26. The van der Waals surface area contributed by atoms with Gasteiger partial charge in [-0.05, 0) is 35.4 Å². The van der Waals surface area contributed by atoms with E-state index in [0.717, 1.165) is 12.2 Å². The van der Waals surface area contributed by atoms with Crippen LogP contribution in [0.25, 0.3) is 0 Å². The number of rotatable bonds is 2. The Morgan fingerprint density at radius 3 is 2.84 bits per heavy atom. The normalized spacial score (nSPS) is 26.3. The molecular formula is C16H22N2O. The van der Waals surface area contributed by atoms with Crippen LogP contribution in [0.3, 0.4) is 0 Å². The van der Waals surface area contributed by atoms with Crippen molar-refractivity contribution in [1.29, 1.82) is 0 Å². The predicted octanol–water partition coefficient (Wildman–Crippen LogP) is 2.31. The van der Waals surface area contributed by atoms with Crippen molar-refractivity contribution in [1.82, 2.24) is 5.32 Å². The fraction of sp³-hybridized carbons (Fsp3) is 0.562. The van der Waals surface area contributed by atoms with Crippen molar-refractivity contribution in [3.63, 3.8) is 0 Å². The molecule has 3 rings (SSSR count). The highest BCUT2D eigenvalue weighted by Crippen LogP contribution is 2.34. The second-order valence-corrected chi connectivity index (χ2v) is 6.21. The maximum atomic E-state index is 11.7. The van der Waals surface area contributed by atoms with Gasteiger partial charge in [-0.2, -0.15) is 0 Å². The Morgan fingerprint density at radius 1 is 1.37 bits per heavy atom.